The quantitative estimate of drug-likeness (QED) is 0.420. The highest BCUT2D eigenvalue weighted by Crippen LogP contribution is 2.34. The van der Waals surface area contributed by atoms with Crippen molar-refractivity contribution in [2.24, 2.45) is 5.92 Å². The van der Waals surface area contributed by atoms with E-state index in [2.05, 4.69) is 40.5 Å². The number of piperidine rings is 1. The molecule has 1 saturated heterocycles. The maximum atomic E-state index is 13.1. The highest BCUT2D eigenvalue weighted by Gasteiger charge is 2.29. The van der Waals surface area contributed by atoms with Gasteiger partial charge in [0.15, 0.2) is 17.3 Å². The lowest BCUT2D eigenvalue weighted by atomic mass is 9.96. The molecule has 2 aromatic carbocycles. The minimum atomic E-state index is -0.182. The lowest BCUT2D eigenvalue weighted by Gasteiger charge is -2.31. The van der Waals surface area contributed by atoms with Gasteiger partial charge in [0, 0.05) is 36.6 Å². The molecule has 1 aliphatic heterocycles. The van der Waals surface area contributed by atoms with Crippen LogP contribution in [-0.2, 0) is 16.0 Å². The topological polar surface area (TPSA) is 90.9 Å². The third kappa shape index (κ3) is 6.16. The number of carbonyl (C=O) groups excluding carboxylic acids is 2. The normalized spacial score (nSPS) is 14.0. The molecular formula is C26H29N3O5S. The molecule has 4 rings (SSSR count). The van der Waals surface area contributed by atoms with Gasteiger partial charge in [0.05, 0.1) is 19.6 Å². The van der Waals surface area contributed by atoms with Gasteiger partial charge in [0.1, 0.15) is 0 Å². The Kier molecular flexibility index (Phi) is 7.97. The number of benzene rings is 2. The molecule has 9 heteroatoms. The van der Waals surface area contributed by atoms with E-state index in [4.69, 9.17) is 14.2 Å². The zero-order chi connectivity index (χ0) is 24.8. The Morgan fingerprint density at radius 1 is 1.09 bits per heavy atom. The van der Waals surface area contributed by atoms with Crippen LogP contribution in [0.4, 0.5) is 0 Å². The smallest absolute Gasteiger partial charge is 0.309 e. The van der Waals surface area contributed by atoms with Crippen molar-refractivity contribution in [3.8, 4) is 16.7 Å². The average molecular weight is 496 g/mol. The van der Waals surface area contributed by atoms with Crippen LogP contribution in [-0.4, -0.2) is 52.9 Å². The summed E-state index contributed by atoms with van der Waals surface area (Å²) in [5.74, 6) is 1.12. The van der Waals surface area contributed by atoms with Gasteiger partial charge in [-0.3, -0.25) is 9.59 Å². The van der Waals surface area contributed by atoms with Crippen LogP contribution in [0, 0.1) is 12.8 Å². The standard InChI is InChI=1S/C26H29N3O5S/c1-4-33-25(31)19-11-13-29(14-12-19)24(30)20-9-10-21(32-3)22(16-20)34-26-27-23(28-35-26)15-18-7-5-17(2)6-8-18/h5-10,16,19H,4,11-15H2,1-3H3. The zero-order valence-electron chi connectivity index (χ0n) is 20.2. The molecule has 3 aromatic rings. The Labute approximate surface area is 209 Å². The molecular weight excluding hydrogens is 466 g/mol. The van der Waals surface area contributed by atoms with Crippen LogP contribution in [0.2, 0.25) is 0 Å². The third-order valence-corrected chi connectivity index (χ3v) is 6.58. The van der Waals surface area contributed by atoms with Crippen molar-refractivity contribution < 1.29 is 23.8 Å². The van der Waals surface area contributed by atoms with Gasteiger partial charge in [-0.25, -0.2) is 0 Å². The number of hydrogen-bond acceptors (Lipinski definition) is 8. The summed E-state index contributed by atoms with van der Waals surface area (Å²) in [6, 6.07) is 13.3. The van der Waals surface area contributed by atoms with Crippen LogP contribution in [0.3, 0.4) is 0 Å². The van der Waals surface area contributed by atoms with Crippen LogP contribution in [0.25, 0.3) is 0 Å². The lowest BCUT2D eigenvalue weighted by Crippen LogP contribution is -2.40. The minimum Gasteiger partial charge on any atom is -0.493 e. The molecule has 1 amide bonds. The predicted octanol–water partition coefficient (Wildman–Crippen LogP) is 4.65. The van der Waals surface area contributed by atoms with E-state index in [0.717, 1.165) is 17.1 Å². The summed E-state index contributed by atoms with van der Waals surface area (Å²) in [5.41, 5.74) is 2.81. The SMILES string of the molecule is CCOC(=O)C1CCN(C(=O)c2ccc(OC)c(Oc3nc(Cc4ccc(C)cc4)ns3)c2)CC1. The summed E-state index contributed by atoms with van der Waals surface area (Å²) in [6.45, 7) is 5.22. The number of nitrogens with zero attached hydrogens (tertiary/aromatic N) is 3. The van der Waals surface area contributed by atoms with Gasteiger partial charge in [-0.15, -0.1) is 0 Å². The number of rotatable bonds is 8. The summed E-state index contributed by atoms with van der Waals surface area (Å²) in [4.78, 5) is 31.4. The monoisotopic (exact) mass is 495 g/mol. The number of methoxy groups -OCH3 is 1. The lowest BCUT2D eigenvalue weighted by molar-refractivity contribution is -0.149. The van der Waals surface area contributed by atoms with Gasteiger partial charge in [-0.1, -0.05) is 29.8 Å². The number of aromatic nitrogens is 2. The summed E-state index contributed by atoms with van der Waals surface area (Å²) < 4.78 is 20.9. The molecule has 0 atom stereocenters. The summed E-state index contributed by atoms with van der Waals surface area (Å²) >= 11 is 1.16. The number of esters is 1. The molecule has 2 heterocycles. The number of hydrogen-bond donors (Lipinski definition) is 0. The van der Waals surface area contributed by atoms with Crippen molar-refractivity contribution in [3.63, 3.8) is 0 Å². The van der Waals surface area contributed by atoms with E-state index in [-0.39, 0.29) is 17.8 Å². The number of amides is 1. The third-order valence-electron chi connectivity index (χ3n) is 5.94. The van der Waals surface area contributed by atoms with Crippen molar-refractivity contribution in [2.75, 3.05) is 26.8 Å². The minimum absolute atomic E-state index is 0.114. The second-order valence-corrected chi connectivity index (χ2v) is 9.14. The molecule has 0 unspecified atom stereocenters. The highest BCUT2D eigenvalue weighted by molar-refractivity contribution is 7.07. The van der Waals surface area contributed by atoms with Gasteiger partial charge in [0.25, 0.3) is 11.1 Å². The largest absolute Gasteiger partial charge is 0.493 e. The Bertz CT molecular complexity index is 1170. The number of carbonyl (C=O) groups is 2. The van der Waals surface area contributed by atoms with Crippen LogP contribution >= 0.6 is 11.5 Å². The van der Waals surface area contributed by atoms with E-state index in [1.54, 1.807) is 37.1 Å². The number of ether oxygens (including phenoxy) is 3. The van der Waals surface area contributed by atoms with Crippen LogP contribution in [0.1, 0.15) is 47.1 Å². The molecule has 0 aliphatic carbocycles. The van der Waals surface area contributed by atoms with Gasteiger partial charge in [-0.05, 0) is 50.5 Å². The second-order valence-electron chi connectivity index (χ2n) is 8.43. The van der Waals surface area contributed by atoms with E-state index in [0.29, 0.717) is 67.0 Å². The Balaban J connectivity index is 1.43. The van der Waals surface area contributed by atoms with Crippen molar-refractivity contribution in [1.29, 1.82) is 0 Å². The first-order valence-electron chi connectivity index (χ1n) is 11.7. The molecule has 184 valence electrons. The molecule has 8 nitrogen and oxygen atoms in total. The fourth-order valence-electron chi connectivity index (χ4n) is 3.98. The Morgan fingerprint density at radius 3 is 2.51 bits per heavy atom. The summed E-state index contributed by atoms with van der Waals surface area (Å²) in [5, 5.41) is 0.380. The molecule has 0 bridgehead atoms. The molecule has 0 radical (unpaired) electrons. The maximum absolute atomic E-state index is 13.1. The number of likely N-dealkylation sites (tertiary alicyclic amines) is 1. The van der Waals surface area contributed by atoms with Gasteiger partial charge in [0.2, 0.25) is 0 Å². The molecule has 1 aromatic heterocycles. The maximum Gasteiger partial charge on any atom is 0.309 e. The molecule has 1 fully saturated rings. The first kappa shape index (κ1) is 24.7. The van der Waals surface area contributed by atoms with Crippen LogP contribution in [0.5, 0.6) is 16.7 Å². The van der Waals surface area contributed by atoms with Gasteiger partial charge < -0.3 is 19.1 Å². The van der Waals surface area contributed by atoms with E-state index in [9.17, 15) is 9.59 Å². The van der Waals surface area contributed by atoms with Crippen molar-refractivity contribution >= 4 is 23.4 Å². The van der Waals surface area contributed by atoms with Gasteiger partial charge in [-0.2, -0.15) is 9.36 Å². The van der Waals surface area contributed by atoms with Crippen molar-refractivity contribution in [2.45, 2.75) is 33.1 Å². The number of aryl methyl sites for hydroxylation is 1. The van der Waals surface area contributed by atoms with Gasteiger partial charge >= 0.3 is 5.97 Å². The highest BCUT2D eigenvalue weighted by atomic mass is 32.1. The Morgan fingerprint density at radius 2 is 1.83 bits per heavy atom. The fraction of sp³-hybridized carbons (Fsp3) is 0.385. The van der Waals surface area contributed by atoms with Crippen LogP contribution in [0.15, 0.2) is 42.5 Å². The molecule has 35 heavy (non-hydrogen) atoms. The van der Waals surface area contributed by atoms with Crippen LogP contribution < -0.4 is 9.47 Å². The van der Waals surface area contributed by atoms with E-state index >= 15 is 0 Å². The summed E-state index contributed by atoms with van der Waals surface area (Å²) in [7, 11) is 1.55. The summed E-state index contributed by atoms with van der Waals surface area (Å²) in [6.07, 6.45) is 1.80. The molecule has 1 aliphatic rings. The van der Waals surface area contributed by atoms with E-state index in [1.165, 1.54) is 5.56 Å². The second kappa shape index (κ2) is 11.3. The molecule has 0 N–H and O–H groups in total. The van der Waals surface area contributed by atoms with Crippen molar-refractivity contribution in [3.05, 3.63) is 65.0 Å². The first-order chi connectivity index (χ1) is 17.0. The zero-order valence-corrected chi connectivity index (χ0v) is 21.0. The molecule has 0 spiro atoms. The Hall–Kier alpha value is -3.46. The van der Waals surface area contributed by atoms with E-state index < -0.39 is 0 Å². The molecule has 0 saturated carbocycles. The predicted molar refractivity (Wildman–Crippen MR) is 132 cm³/mol. The van der Waals surface area contributed by atoms with E-state index in [1.807, 2.05) is 0 Å². The first-order valence-corrected chi connectivity index (χ1v) is 12.4. The average Bonchev–Trinajstić information content (AvgIpc) is 3.31. The fourth-order valence-corrected chi connectivity index (χ4v) is 4.55. The van der Waals surface area contributed by atoms with Crippen molar-refractivity contribution in [1.82, 2.24) is 14.3 Å².